The number of rotatable bonds is 5. The number of nitrogens with one attached hydrogen (secondary N) is 1. The highest BCUT2D eigenvalue weighted by Crippen LogP contribution is 2.18. The van der Waals surface area contributed by atoms with Crippen molar-refractivity contribution in [1.82, 2.24) is 0 Å². The molecule has 0 spiro atoms. The zero-order chi connectivity index (χ0) is 17.7. The van der Waals surface area contributed by atoms with E-state index in [1.165, 1.54) is 11.8 Å². The molecule has 0 atom stereocenters. The summed E-state index contributed by atoms with van der Waals surface area (Å²) in [7, 11) is -3.18. The normalized spacial score (nSPS) is 12.4. The first kappa shape index (κ1) is 18.0. The SMILES string of the molecule is CC(C)c1cccc(NC(N)=NCc2ccc(S(C)(=O)=O)cc2)c1. The standard InChI is InChI=1S/C18H23N3O2S/c1-13(2)15-5-4-6-16(11-15)21-18(19)20-12-14-7-9-17(10-8-14)24(3,22)23/h4-11,13H,12H2,1-3H3,(H3,19,20,21). The summed E-state index contributed by atoms with van der Waals surface area (Å²) in [5.41, 5.74) is 8.94. The summed E-state index contributed by atoms with van der Waals surface area (Å²) >= 11 is 0. The Bertz CT molecular complexity index is 826. The van der Waals surface area contributed by atoms with Crippen LogP contribution >= 0.6 is 0 Å². The van der Waals surface area contributed by atoms with Gasteiger partial charge in [-0.25, -0.2) is 13.4 Å². The summed E-state index contributed by atoms with van der Waals surface area (Å²) < 4.78 is 22.9. The summed E-state index contributed by atoms with van der Waals surface area (Å²) in [4.78, 5) is 4.59. The number of sulfone groups is 1. The highest BCUT2D eigenvalue weighted by Gasteiger charge is 2.06. The summed E-state index contributed by atoms with van der Waals surface area (Å²) in [6.07, 6.45) is 1.19. The maximum absolute atomic E-state index is 11.4. The van der Waals surface area contributed by atoms with Gasteiger partial charge in [0, 0.05) is 11.9 Å². The minimum absolute atomic E-state index is 0.298. The fourth-order valence-corrected chi connectivity index (χ4v) is 2.81. The highest BCUT2D eigenvalue weighted by atomic mass is 32.2. The summed E-state index contributed by atoms with van der Waals surface area (Å²) in [6.45, 7) is 4.65. The number of guanidine groups is 1. The van der Waals surface area contributed by atoms with Gasteiger partial charge in [0.15, 0.2) is 15.8 Å². The lowest BCUT2D eigenvalue weighted by atomic mass is 10.0. The molecule has 0 fully saturated rings. The average molecular weight is 345 g/mol. The highest BCUT2D eigenvalue weighted by molar-refractivity contribution is 7.90. The van der Waals surface area contributed by atoms with E-state index in [0.29, 0.717) is 23.3 Å². The van der Waals surface area contributed by atoms with E-state index in [1.54, 1.807) is 24.3 Å². The van der Waals surface area contributed by atoms with Gasteiger partial charge in [-0.3, -0.25) is 0 Å². The van der Waals surface area contributed by atoms with Gasteiger partial charge in [-0.15, -0.1) is 0 Å². The summed E-state index contributed by atoms with van der Waals surface area (Å²) in [5, 5.41) is 3.07. The molecule has 5 nitrogen and oxygen atoms in total. The molecule has 0 aliphatic carbocycles. The maximum Gasteiger partial charge on any atom is 0.193 e. The zero-order valence-corrected chi connectivity index (χ0v) is 15.0. The third kappa shape index (κ3) is 5.09. The first-order valence-electron chi connectivity index (χ1n) is 7.71. The smallest absolute Gasteiger partial charge is 0.193 e. The molecule has 0 saturated heterocycles. The van der Waals surface area contributed by atoms with Gasteiger partial charge in [-0.2, -0.15) is 0 Å². The van der Waals surface area contributed by atoms with Crippen molar-refractivity contribution in [1.29, 1.82) is 0 Å². The van der Waals surface area contributed by atoms with Crippen LogP contribution < -0.4 is 11.1 Å². The van der Waals surface area contributed by atoms with Gasteiger partial charge in [0.2, 0.25) is 0 Å². The van der Waals surface area contributed by atoms with Crippen molar-refractivity contribution < 1.29 is 8.42 Å². The van der Waals surface area contributed by atoms with Gasteiger partial charge in [-0.1, -0.05) is 38.1 Å². The van der Waals surface area contributed by atoms with Crippen molar-refractivity contribution in [3.63, 3.8) is 0 Å². The molecule has 0 radical (unpaired) electrons. The maximum atomic E-state index is 11.4. The number of anilines is 1. The fourth-order valence-electron chi connectivity index (χ4n) is 2.18. The van der Waals surface area contributed by atoms with E-state index < -0.39 is 9.84 Å². The Morgan fingerprint density at radius 2 is 1.83 bits per heavy atom. The Morgan fingerprint density at radius 1 is 1.17 bits per heavy atom. The average Bonchev–Trinajstić information content (AvgIpc) is 2.53. The molecule has 128 valence electrons. The summed E-state index contributed by atoms with van der Waals surface area (Å²) in [6, 6.07) is 14.7. The molecule has 0 aromatic heterocycles. The molecule has 6 heteroatoms. The van der Waals surface area contributed by atoms with Crippen molar-refractivity contribution in [3.8, 4) is 0 Å². The van der Waals surface area contributed by atoms with E-state index in [9.17, 15) is 8.42 Å². The minimum atomic E-state index is -3.18. The Hall–Kier alpha value is -2.34. The van der Waals surface area contributed by atoms with Gasteiger partial charge in [0.25, 0.3) is 0 Å². The molecule has 0 unspecified atom stereocenters. The van der Waals surface area contributed by atoms with E-state index in [2.05, 4.69) is 30.2 Å². The van der Waals surface area contributed by atoms with E-state index in [-0.39, 0.29) is 0 Å². The van der Waals surface area contributed by atoms with E-state index in [1.807, 2.05) is 18.2 Å². The molecular weight excluding hydrogens is 322 g/mol. The Morgan fingerprint density at radius 3 is 2.42 bits per heavy atom. The number of aliphatic imine (C=N–C) groups is 1. The quantitative estimate of drug-likeness (QED) is 0.644. The van der Waals surface area contributed by atoms with Crippen LogP contribution in [-0.4, -0.2) is 20.6 Å². The van der Waals surface area contributed by atoms with Crippen LogP contribution in [0.3, 0.4) is 0 Å². The molecule has 0 bridgehead atoms. The molecule has 0 aliphatic heterocycles. The van der Waals surface area contributed by atoms with Gasteiger partial charge < -0.3 is 11.1 Å². The van der Waals surface area contributed by atoms with Crippen LogP contribution in [0.15, 0.2) is 58.4 Å². The molecule has 0 amide bonds. The first-order valence-corrected chi connectivity index (χ1v) is 9.61. The van der Waals surface area contributed by atoms with Gasteiger partial charge in [-0.05, 0) is 41.3 Å². The predicted molar refractivity (Wildman–Crippen MR) is 99.0 cm³/mol. The van der Waals surface area contributed by atoms with Crippen molar-refractivity contribution >= 4 is 21.5 Å². The van der Waals surface area contributed by atoms with Gasteiger partial charge in [0.05, 0.1) is 11.4 Å². The number of benzene rings is 2. The Kier molecular flexibility index (Phi) is 5.62. The van der Waals surface area contributed by atoms with E-state index in [0.717, 1.165) is 11.3 Å². The second-order valence-electron chi connectivity index (χ2n) is 6.02. The summed E-state index contributed by atoms with van der Waals surface area (Å²) in [5.74, 6) is 0.765. The van der Waals surface area contributed by atoms with Gasteiger partial charge in [0.1, 0.15) is 0 Å². The monoisotopic (exact) mass is 345 g/mol. The second-order valence-corrected chi connectivity index (χ2v) is 8.04. The number of hydrogen-bond donors (Lipinski definition) is 2. The van der Waals surface area contributed by atoms with Crippen LogP contribution in [0, 0.1) is 0 Å². The predicted octanol–water partition coefficient (Wildman–Crippen LogP) is 3.14. The topological polar surface area (TPSA) is 84.5 Å². The van der Waals surface area contributed by atoms with Crippen LogP contribution in [0.2, 0.25) is 0 Å². The molecule has 2 aromatic carbocycles. The van der Waals surface area contributed by atoms with Crippen LogP contribution in [0.25, 0.3) is 0 Å². The molecule has 0 aliphatic rings. The van der Waals surface area contributed by atoms with Crippen LogP contribution in [0.5, 0.6) is 0 Å². The van der Waals surface area contributed by atoms with E-state index in [4.69, 9.17) is 5.73 Å². The Labute approximate surface area is 143 Å². The number of hydrogen-bond acceptors (Lipinski definition) is 3. The molecular formula is C18H23N3O2S. The van der Waals surface area contributed by atoms with Crippen molar-refractivity contribution in [2.75, 3.05) is 11.6 Å². The van der Waals surface area contributed by atoms with Crippen molar-refractivity contribution in [2.24, 2.45) is 10.7 Å². The number of nitrogens with two attached hydrogens (primary N) is 1. The molecule has 0 heterocycles. The third-order valence-electron chi connectivity index (χ3n) is 3.61. The largest absolute Gasteiger partial charge is 0.370 e. The molecule has 3 N–H and O–H groups in total. The van der Waals surface area contributed by atoms with Crippen molar-refractivity contribution in [2.45, 2.75) is 31.2 Å². The molecule has 2 aromatic rings. The van der Waals surface area contributed by atoms with Crippen LogP contribution in [0.1, 0.15) is 30.9 Å². The van der Waals surface area contributed by atoms with Crippen LogP contribution in [0.4, 0.5) is 5.69 Å². The lowest BCUT2D eigenvalue weighted by Crippen LogP contribution is -2.22. The van der Waals surface area contributed by atoms with Gasteiger partial charge >= 0.3 is 0 Å². The van der Waals surface area contributed by atoms with Crippen molar-refractivity contribution in [3.05, 3.63) is 59.7 Å². The molecule has 0 saturated carbocycles. The molecule has 24 heavy (non-hydrogen) atoms. The third-order valence-corrected chi connectivity index (χ3v) is 4.74. The second kappa shape index (κ2) is 7.49. The minimum Gasteiger partial charge on any atom is -0.370 e. The fraction of sp³-hybridized carbons (Fsp3) is 0.278. The Balaban J connectivity index is 2.03. The van der Waals surface area contributed by atoms with E-state index >= 15 is 0 Å². The van der Waals surface area contributed by atoms with Crippen LogP contribution in [-0.2, 0) is 16.4 Å². The number of nitrogens with zero attached hydrogens (tertiary/aromatic N) is 1. The lowest BCUT2D eigenvalue weighted by molar-refractivity contribution is 0.602. The lowest BCUT2D eigenvalue weighted by Gasteiger charge is -2.10. The zero-order valence-electron chi connectivity index (χ0n) is 14.2. The first-order chi connectivity index (χ1) is 11.3. The molecule has 2 rings (SSSR count).